The fourth-order valence-corrected chi connectivity index (χ4v) is 5.09. The number of anilines is 2. The summed E-state index contributed by atoms with van der Waals surface area (Å²) in [5, 5.41) is 2.65. The zero-order valence-electron chi connectivity index (χ0n) is 16.7. The molecule has 0 aliphatic carbocycles. The Morgan fingerprint density at radius 2 is 1.90 bits per heavy atom. The molecular formula is C17H25N7O3S2. The van der Waals surface area contributed by atoms with E-state index in [4.69, 9.17) is 0 Å². The van der Waals surface area contributed by atoms with Gasteiger partial charge in [-0.25, -0.2) is 13.1 Å². The Morgan fingerprint density at radius 3 is 2.55 bits per heavy atom. The summed E-state index contributed by atoms with van der Waals surface area (Å²) in [5.41, 5.74) is 0. The average Bonchev–Trinajstić information content (AvgIpc) is 3.36. The number of sulfonamides is 1. The zero-order valence-corrected chi connectivity index (χ0v) is 18.3. The number of nitrogens with one attached hydrogen (secondary N) is 2. The molecule has 0 atom stereocenters. The second kappa shape index (κ2) is 9.01. The lowest BCUT2D eigenvalue weighted by Gasteiger charge is -2.18. The summed E-state index contributed by atoms with van der Waals surface area (Å²) >= 11 is 1.11. The Balaban J connectivity index is 1.73. The van der Waals surface area contributed by atoms with E-state index in [0.717, 1.165) is 42.1 Å². The zero-order chi connectivity index (χ0) is 21.0. The fraction of sp³-hybridized carbons (Fsp3) is 0.529. The van der Waals surface area contributed by atoms with E-state index in [9.17, 15) is 13.2 Å². The van der Waals surface area contributed by atoms with Crippen molar-refractivity contribution in [2.45, 2.75) is 37.1 Å². The number of hydrogen-bond acceptors (Lipinski definition) is 9. The number of rotatable bonds is 8. The molecular weight excluding hydrogens is 414 g/mol. The molecule has 2 aromatic heterocycles. The number of nitrogens with zero attached hydrogens (tertiary/aromatic N) is 5. The van der Waals surface area contributed by atoms with Gasteiger partial charge in [-0.15, -0.1) is 11.3 Å². The summed E-state index contributed by atoms with van der Waals surface area (Å²) in [7, 11) is -0.0477. The molecule has 1 aliphatic rings. The van der Waals surface area contributed by atoms with Crippen molar-refractivity contribution in [2.24, 2.45) is 0 Å². The van der Waals surface area contributed by atoms with Crippen LogP contribution in [-0.2, 0) is 27.9 Å². The molecule has 0 unspecified atom stereocenters. The van der Waals surface area contributed by atoms with E-state index in [1.54, 1.807) is 11.0 Å². The predicted molar refractivity (Wildman–Crippen MR) is 111 cm³/mol. The molecule has 0 radical (unpaired) electrons. The molecule has 1 aliphatic heterocycles. The van der Waals surface area contributed by atoms with Gasteiger partial charge in [-0.05, 0) is 25.0 Å². The maximum Gasteiger partial charge on any atom is 0.250 e. The van der Waals surface area contributed by atoms with Crippen LogP contribution in [0.15, 0.2) is 16.3 Å². The molecule has 3 rings (SSSR count). The van der Waals surface area contributed by atoms with Crippen molar-refractivity contribution in [1.82, 2.24) is 25.0 Å². The minimum atomic E-state index is -3.71. The molecule has 1 amide bonds. The van der Waals surface area contributed by atoms with Crippen molar-refractivity contribution >= 4 is 39.2 Å². The van der Waals surface area contributed by atoms with E-state index < -0.39 is 10.0 Å². The van der Waals surface area contributed by atoms with Crippen LogP contribution in [0.4, 0.5) is 11.9 Å². The predicted octanol–water partition coefficient (Wildman–Crippen LogP) is 0.714. The molecule has 0 aromatic carbocycles. The number of carbonyl (C=O) groups is 1. The minimum Gasteiger partial charge on any atom is -0.351 e. The van der Waals surface area contributed by atoms with Crippen molar-refractivity contribution in [3.63, 3.8) is 0 Å². The van der Waals surface area contributed by atoms with Crippen LogP contribution in [-0.4, -0.2) is 56.5 Å². The molecule has 10 nitrogen and oxygen atoms in total. The van der Waals surface area contributed by atoms with Gasteiger partial charge in [-0.2, -0.15) is 15.0 Å². The maximum absolute atomic E-state index is 12.6. The van der Waals surface area contributed by atoms with Gasteiger partial charge >= 0.3 is 0 Å². The first-order valence-electron chi connectivity index (χ1n) is 9.24. The largest absolute Gasteiger partial charge is 0.351 e. The number of thiophene rings is 1. The van der Waals surface area contributed by atoms with Crippen molar-refractivity contribution in [3.05, 3.63) is 22.8 Å². The molecule has 0 spiro atoms. The van der Waals surface area contributed by atoms with E-state index in [2.05, 4.69) is 29.9 Å². The van der Waals surface area contributed by atoms with E-state index >= 15 is 0 Å². The minimum absolute atomic E-state index is 0.0362. The summed E-state index contributed by atoms with van der Waals surface area (Å²) < 4.78 is 28.0. The Morgan fingerprint density at radius 1 is 1.17 bits per heavy atom. The van der Waals surface area contributed by atoms with E-state index in [1.165, 1.54) is 13.0 Å². The van der Waals surface area contributed by atoms with Crippen molar-refractivity contribution < 1.29 is 13.2 Å². The Bertz CT molecular complexity index is 969. The highest BCUT2D eigenvalue weighted by atomic mass is 32.2. The molecule has 2 aromatic rings. The summed E-state index contributed by atoms with van der Waals surface area (Å²) in [6, 6.07) is 3.21. The molecule has 12 heteroatoms. The van der Waals surface area contributed by atoms with Crippen LogP contribution >= 0.6 is 11.3 Å². The molecule has 29 heavy (non-hydrogen) atoms. The smallest absolute Gasteiger partial charge is 0.250 e. The standard InChI is InChI=1S/C17H25N7O3S2/c1-12(25)18-10-13-6-7-15(28-13)29(26,27)19-11-14-20-16(23(2)3)22-17(21-14)24-8-4-5-9-24/h6-7,19H,4-5,8-11H2,1-3H3,(H,18,25). The Hall–Kier alpha value is -2.31. The summed E-state index contributed by atoms with van der Waals surface area (Å²) in [4.78, 5) is 28.9. The molecule has 158 valence electrons. The third-order valence-electron chi connectivity index (χ3n) is 4.28. The van der Waals surface area contributed by atoms with Crippen LogP contribution in [0, 0.1) is 0 Å². The van der Waals surface area contributed by atoms with Crippen LogP contribution in [0.1, 0.15) is 30.5 Å². The van der Waals surface area contributed by atoms with Crippen molar-refractivity contribution in [3.8, 4) is 0 Å². The van der Waals surface area contributed by atoms with Gasteiger partial charge in [0.2, 0.25) is 27.8 Å². The van der Waals surface area contributed by atoms with Gasteiger partial charge in [0, 0.05) is 39.0 Å². The fourth-order valence-electron chi connectivity index (χ4n) is 2.77. The second-order valence-corrected chi connectivity index (χ2v) is 10.1. The topological polar surface area (TPSA) is 120 Å². The highest BCUT2D eigenvalue weighted by molar-refractivity contribution is 7.91. The summed E-state index contributed by atoms with van der Waals surface area (Å²) in [6.07, 6.45) is 2.17. The lowest BCUT2D eigenvalue weighted by molar-refractivity contribution is -0.119. The lowest BCUT2D eigenvalue weighted by Crippen LogP contribution is -2.27. The van der Waals surface area contributed by atoms with Crippen LogP contribution < -0.4 is 19.8 Å². The van der Waals surface area contributed by atoms with E-state index in [1.807, 2.05) is 14.1 Å². The van der Waals surface area contributed by atoms with Gasteiger partial charge in [0.05, 0.1) is 13.1 Å². The van der Waals surface area contributed by atoms with Gasteiger partial charge in [0.25, 0.3) is 0 Å². The molecule has 3 heterocycles. The second-order valence-electron chi connectivity index (χ2n) is 6.90. The van der Waals surface area contributed by atoms with Gasteiger partial charge in [0.1, 0.15) is 4.21 Å². The van der Waals surface area contributed by atoms with Gasteiger partial charge < -0.3 is 15.1 Å². The number of hydrogen-bond donors (Lipinski definition) is 2. The number of aromatic nitrogens is 3. The average molecular weight is 440 g/mol. The Labute approximate surface area is 174 Å². The van der Waals surface area contributed by atoms with Crippen LogP contribution in [0.2, 0.25) is 0 Å². The quantitative estimate of drug-likeness (QED) is 0.617. The van der Waals surface area contributed by atoms with Gasteiger partial charge in [0.15, 0.2) is 5.82 Å². The summed E-state index contributed by atoms with van der Waals surface area (Å²) in [5.74, 6) is 1.26. The molecule has 0 bridgehead atoms. The first kappa shape index (κ1) is 21.4. The maximum atomic E-state index is 12.6. The van der Waals surface area contributed by atoms with Crippen LogP contribution in [0.25, 0.3) is 0 Å². The van der Waals surface area contributed by atoms with E-state index in [-0.39, 0.29) is 16.7 Å². The SMILES string of the molecule is CC(=O)NCc1ccc(S(=O)(=O)NCc2nc(N(C)C)nc(N3CCCC3)n2)s1. The highest BCUT2D eigenvalue weighted by Crippen LogP contribution is 2.22. The highest BCUT2D eigenvalue weighted by Gasteiger charge is 2.21. The molecule has 1 saturated heterocycles. The molecule has 0 saturated carbocycles. The summed E-state index contributed by atoms with van der Waals surface area (Å²) in [6.45, 7) is 3.45. The number of carbonyl (C=O) groups excluding carboxylic acids is 1. The first-order valence-corrected chi connectivity index (χ1v) is 11.5. The Kier molecular flexibility index (Phi) is 6.65. The van der Waals surface area contributed by atoms with E-state index in [0.29, 0.717) is 24.3 Å². The van der Waals surface area contributed by atoms with Gasteiger partial charge in [-0.3, -0.25) is 4.79 Å². The third-order valence-corrected chi connectivity index (χ3v) is 7.26. The molecule has 2 N–H and O–H groups in total. The number of amides is 1. The van der Waals surface area contributed by atoms with Crippen LogP contribution in [0.3, 0.4) is 0 Å². The molecule has 1 fully saturated rings. The van der Waals surface area contributed by atoms with Crippen molar-refractivity contribution in [1.29, 1.82) is 0 Å². The third kappa shape index (κ3) is 5.61. The van der Waals surface area contributed by atoms with Crippen LogP contribution in [0.5, 0.6) is 0 Å². The lowest BCUT2D eigenvalue weighted by atomic mass is 10.4. The van der Waals surface area contributed by atoms with Gasteiger partial charge in [-0.1, -0.05) is 0 Å². The first-order chi connectivity index (χ1) is 13.7. The van der Waals surface area contributed by atoms with Crippen molar-refractivity contribution in [2.75, 3.05) is 37.0 Å². The monoisotopic (exact) mass is 439 g/mol. The normalized spacial score (nSPS) is 14.2.